The molecule has 21 heavy (non-hydrogen) atoms. The predicted molar refractivity (Wildman–Crippen MR) is 82.1 cm³/mol. The van der Waals surface area contributed by atoms with Gasteiger partial charge in [-0.3, -0.25) is 0 Å². The molecule has 1 atom stereocenters. The zero-order valence-corrected chi connectivity index (χ0v) is 13.3. The molecule has 1 saturated heterocycles. The molecule has 0 saturated carbocycles. The Kier molecular flexibility index (Phi) is 4.60. The van der Waals surface area contributed by atoms with E-state index in [4.69, 9.17) is 4.98 Å². The number of piperidine rings is 1. The second-order valence-electron chi connectivity index (χ2n) is 6.99. The molecule has 1 fully saturated rings. The van der Waals surface area contributed by atoms with Gasteiger partial charge in [-0.2, -0.15) is 5.10 Å². The zero-order chi connectivity index (χ0) is 14.8. The zero-order valence-electron chi connectivity index (χ0n) is 13.3. The first-order valence-electron chi connectivity index (χ1n) is 8.43. The Morgan fingerprint density at radius 2 is 1.86 bits per heavy atom. The van der Waals surface area contributed by atoms with E-state index in [2.05, 4.69) is 28.5 Å². The molecule has 118 valence electrons. The van der Waals surface area contributed by atoms with E-state index in [1.807, 2.05) is 0 Å². The lowest BCUT2D eigenvalue weighted by Gasteiger charge is -2.34. The van der Waals surface area contributed by atoms with Crippen LogP contribution in [0.3, 0.4) is 0 Å². The molecule has 5 nitrogen and oxygen atoms in total. The number of aromatic nitrogens is 3. The van der Waals surface area contributed by atoms with Gasteiger partial charge in [0, 0.05) is 32.0 Å². The molecule has 1 N–H and O–H groups in total. The molecule has 1 unspecified atom stereocenters. The fraction of sp³-hybridized carbons (Fsp3) is 0.875. The number of aryl methyl sites for hydroxylation is 1. The van der Waals surface area contributed by atoms with Gasteiger partial charge in [-0.15, -0.1) is 0 Å². The van der Waals surface area contributed by atoms with Gasteiger partial charge in [0.25, 0.3) is 0 Å². The largest absolute Gasteiger partial charge is 0.396 e. The molecule has 1 aromatic heterocycles. The number of hydrogen-bond donors (Lipinski definition) is 1. The molecular formula is C16H28N4O. The molecule has 5 heteroatoms. The number of fused-ring (bicyclic) bond motifs is 1. The van der Waals surface area contributed by atoms with Crippen LogP contribution < -0.4 is 0 Å². The third kappa shape index (κ3) is 3.46. The van der Waals surface area contributed by atoms with Crippen LogP contribution in [0.2, 0.25) is 0 Å². The summed E-state index contributed by atoms with van der Waals surface area (Å²) in [6.07, 6.45) is 5.47. The van der Waals surface area contributed by atoms with Gasteiger partial charge < -0.3 is 10.0 Å². The summed E-state index contributed by atoms with van der Waals surface area (Å²) in [4.78, 5) is 7.29. The fourth-order valence-corrected chi connectivity index (χ4v) is 3.60. The SMILES string of the molecule is CC(C)N1CCC(Cc2nc3n(n2)CCC(CO)C3)CC1. The Labute approximate surface area is 127 Å². The second kappa shape index (κ2) is 6.44. The second-order valence-corrected chi connectivity index (χ2v) is 6.99. The van der Waals surface area contributed by atoms with E-state index in [0.29, 0.717) is 12.0 Å². The van der Waals surface area contributed by atoms with Crippen LogP contribution in [0.4, 0.5) is 0 Å². The molecule has 3 rings (SSSR count). The smallest absolute Gasteiger partial charge is 0.151 e. The van der Waals surface area contributed by atoms with Crippen LogP contribution in [-0.4, -0.2) is 50.5 Å². The van der Waals surface area contributed by atoms with Gasteiger partial charge in [0.15, 0.2) is 5.82 Å². The van der Waals surface area contributed by atoms with Crippen molar-refractivity contribution in [3.05, 3.63) is 11.6 Å². The van der Waals surface area contributed by atoms with Gasteiger partial charge in [-0.05, 0) is 58.0 Å². The minimum atomic E-state index is 0.274. The first kappa shape index (κ1) is 15.0. The van der Waals surface area contributed by atoms with Crippen molar-refractivity contribution in [1.82, 2.24) is 19.7 Å². The number of aliphatic hydroxyl groups excluding tert-OH is 1. The van der Waals surface area contributed by atoms with E-state index in [-0.39, 0.29) is 6.61 Å². The summed E-state index contributed by atoms with van der Waals surface area (Å²) in [5.41, 5.74) is 0. The highest BCUT2D eigenvalue weighted by molar-refractivity contribution is 4.99. The van der Waals surface area contributed by atoms with Crippen LogP contribution in [0.25, 0.3) is 0 Å². The number of likely N-dealkylation sites (tertiary alicyclic amines) is 1. The van der Waals surface area contributed by atoms with Gasteiger partial charge in [0.1, 0.15) is 5.82 Å². The van der Waals surface area contributed by atoms with Crippen molar-refractivity contribution in [2.75, 3.05) is 19.7 Å². The van der Waals surface area contributed by atoms with Crippen molar-refractivity contribution in [3.63, 3.8) is 0 Å². The molecule has 0 spiro atoms. The van der Waals surface area contributed by atoms with Crippen molar-refractivity contribution in [2.24, 2.45) is 11.8 Å². The van der Waals surface area contributed by atoms with Crippen LogP contribution in [0, 0.1) is 11.8 Å². The maximum Gasteiger partial charge on any atom is 0.151 e. The molecule has 0 bridgehead atoms. The molecule has 0 aromatic carbocycles. The van der Waals surface area contributed by atoms with Crippen LogP contribution >= 0.6 is 0 Å². The van der Waals surface area contributed by atoms with Crippen LogP contribution in [0.1, 0.15) is 44.8 Å². The Morgan fingerprint density at radius 1 is 1.14 bits per heavy atom. The maximum absolute atomic E-state index is 9.29. The first-order valence-corrected chi connectivity index (χ1v) is 8.43. The quantitative estimate of drug-likeness (QED) is 0.913. The number of nitrogens with zero attached hydrogens (tertiary/aromatic N) is 4. The summed E-state index contributed by atoms with van der Waals surface area (Å²) in [6.45, 7) is 8.17. The highest BCUT2D eigenvalue weighted by Crippen LogP contribution is 2.23. The highest BCUT2D eigenvalue weighted by Gasteiger charge is 2.25. The minimum absolute atomic E-state index is 0.274. The average molecular weight is 292 g/mol. The topological polar surface area (TPSA) is 54.2 Å². The molecule has 0 radical (unpaired) electrons. The number of hydrogen-bond acceptors (Lipinski definition) is 4. The Bertz CT molecular complexity index is 463. The lowest BCUT2D eigenvalue weighted by atomic mass is 9.92. The van der Waals surface area contributed by atoms with E-state index in [1.165, 1.54) is 25.9 Å². The van der Waals surface area contributed by atoms with E-state index < -0.39 is 0 Å². The van der Waals surface area contributed by atoms with E-state index in [9.17, 15) is 5.11 Å². The monoisotopic (exact) mass is 292 g/mol. The van der Waals surface area contributed by atoms with Gasteiger partial charge in [0.05, 0.1) is 0 Å². The van der Waals surface area contributed by atoms with Gasteiger partial charge >= 0.3 is 0 Å². The van der Waals surface area contributed by atoms with Gasteiger partial charge in [-0.25, -0.2) is 9.67 Å². The van der Waals surface area contributed by atoms with E-state index >= 15 is 0 Å². The van der Waals surface area contributed by atoms with Crippen molar-refractivity contribution < 1.29 is 5.11 Å². The maximum atomic E-state index is 9.29. The summed E-state index contributed by atoms with van der Waals surface area (Å²) in [7, 11) is 0. The lowest BCUT2D eigenvalue weighted by Crippen LogP contribution is -2.38. The highest BCUT2D eigenvalue weighted by atomic mass is 16.3. The number of rotatable bonds is 4. The van der Waals surface area contributed by atoms with Gasteiger partial charge in [0.2, 0.25) is 0 Å². The van der Waals surface area contributed by atoms with Gasteiger partial charge in [-0.1, -0.05) is 0 Å². The summed E-state index contributed by atoms with van der Waals surface area (Å²) in [6, 6.07) is 0.666. The van der Waals surface area contributed by atoms with Crippen LogP contribution in [-0.2, 0) is 19.4 Å². The minimum Gasteiger partial charge on any atom is -0.396 e. The summed E-state index contributed by atoms with van der Waals surface area (Å²) < 4.78 is 2.06. The molecular weight excluding hydrogens is 264 g/mol. The predicted octanol–water partition coefficient (Wildman–Crippen LogP) is 1.50. The molecule has 0 aliphatic carbocycles. The van der Waals surface area contributed by atoms with Crippen molar-refractivity contribution in [2.45, 2.75) is 58.5 Å². The lowest BCUT2D eigenvalue weighted by molar-refractivity contribution is 0.148. The van der Waals surface area contributed by atoms with E-state index in [0.717, 1.165) is 43.4 Å². The average Bonchev–Trinajstić information content (AvgIpc) is 2.88. The summed E-state index contributed by atoms with van der Waals surface area (Å²) in [5, 5.41) is 14.0. The first-order chi connectivity index (χ1) is 10.2. The third-order valence-electron chi connectivity index (χ3n) is 5.12. The Morgan fingerprint density at radius 3 is 2.52 bits per heavy atom. The Balaban J connectivity index is 1.56. The van der Waals surface area contributed by atoms with Crippen LogP contribution in [0.5, 0.6) is 0 Å². The molecule has 3 heterocycles. The van der Waals surface area contributed by atoms with E-state index in [1.54, 1.807) is 0 Å². The third-order valence-corrected chi connectivity index (χ3v) is 5.12. The Hall–Kier alpha value is -0.940. The fourth-order valence-electron chi connectivity index (χ4n) is 3.60. The standard InChI is InChI=1S/C16H28N4O/c1-12(2)19-6-3-13(4-7-19)9-15-17-16-10-14(11-21)5-8-20(16)18-15/h12-14,21H,3-11H2,1-2H3. The normalized spacial score (nSPS) is 24.5. The molecule has 0 amide bonds. The summed E-state index contributed by atoms with van der Waals surface area (Å²) in [5.74, 6) is 3.21. The molecule has 2 aliphatic heterocycles. The van der Waals surface area contributed by atoms with Crippen molar-refractivity contribution in [1.29, 1.82) is 0 Å². The van der Waals surface area contributed by atoms with Crippen molar-refractivity contribution >= 4 is 0 Å². The number of aliphatic hydroxyl groups is 1. The molecule has 1 aromatic rings. The van der Waals surface area contributed by atoms with Crippen LogP contribution in [0.15, 0.2) is 0 Å². The van der Waals surface area contributed by atoms with Crippen molar-refractivity contribution in [3.8, 4) is 0 Å². The summed E-state index contributed by atoms with van der Waals surface area (Å²) >= 11 is 0. The molecule has 2 aliphatic rings.